The Kier molecular flexibility index (Phi) is 4.41. The standard InChI is InChI=1S/C18H19Cl2NO3/c1-9-15-13(22)7-18(2,3)8-14(15)24-16(9)17(23)21-10-4-5-11(19)12(20)6-10/h4-6,13,22H,7-8H2,1-3H3,(H,21,23). The minimum Gasteiger partial charge on any atom is -0.455 e. The zero-order valence-electron chi connectivity index (χ0n) is 13.7. The summed E-state index contributed by atoms with van der Waals surface area (Å²) >= 11 is 11.8. The first-order valence-corrected chi connectivity index (χ1v) is 8.50. The lowest BCUT2D eigenvalue weighted by molar-refractivity contribution is 0.0910. The predicted octanol–water partition coefficient (Wildman–Crippen LogP) is 5.15. The lowest BCUT2D eigenvalue weighted by Gasteiger charge is -2.31. The number of furan rings is 1. The zero-order valence-corrected chi connectivity index (χ0v) is 15.3. The van der Waals surface area contributed by atoms with E-state index in [0.717, 1.165) is 5.56 Å². The molecule has 2 aromatic rings. The second-order valence-corrected chi connectivity index (χ2v) is 7.85. The fourth-order valence-electron chi connectivity index (χ4n) is 3.26. The van der Waals surface area contributed by atoms with Crippen molar-refractivity contribution in [3.8, 4) is 0 Å². The van der Waals surface area contributed by atoms with E-state index in [1.807, 2.05) is 0 Å². The molecule has 1 aromatic heterocycles. The summed E-state index contributed by atoms with van der Waals surface area (Å²) in [5.41, 5.74) is 1.90. The molecule has 0 radical (unpaired) electrons. The molecule has 0 fully saturated rings. The molecule has 1 unspecified atom stereocenters. The quantitative estimate of drug-likeness (QED) is 0.770. The van der Waals surface area contributed by atoms with Crippen molar-refractivity contribution in [3.63, 3.8) is 0 Å². The molecule has 2 N–H and O–H groups in total. The Balaban J connectivity index is 1.90. The van der Waals surface area contributed by atoms with Gasteiger partial charge in [0.15, 0.2) is 5.76 Å². The van der Waals surface area contributed by atoms with E-state index in [1.54, 1.807) is 25.1 Å². The Morgan fingerprint density at radius 1 is 1.33 bits per heavy atom. The van der Waals surface area contributed by atoms with Crippen LogP contribution >= 0.6 is 23.2 Å². The van der Waals surface area contributed by atoms with E-state index in [9.17, 15) is 9.90 Å². The van der Waals surface area contributed by atoms with Crippen LogP contribution < -0.4 is 5.32 Å². The number of nitrogens with one attached hydrogen (secondary N) is 1. The Hall–Kier alpha value is -1.49. The number of hydrogen-bond donors (Lipinski definition) is 2. The van der Waals surface area contributed by atoms with E-state index >= 15 is 0 Å². The second-order valence-electron chi connectivity index (χ2n) is 7.04. The summed E-state index contributed by atoms with van der Waals surface area (Å²) in [6.07, 6.45) is 0.730. The van der Waals surface area contributed by atoms with Crippen LogP contribution in [0.1, 0.15) is 53.8 Å². The van der Waals surface area contributed by atoms with Gasteiger partial charge in [0.1, 0.15) is 5.76 Å². The molecule has 3 rings (SSSR count). The molecule has 6 heteroatoms. The molecule has 24 heavy (non-hydrogen) atoms. The van der Waals surface area contributed by atoms with Gasteiger partial charge in [-0.05, 0) is 37.0 Å². The molecule has 0 bridgehead atoms. The fraction of sp³-hybridized carbons (Fsp3) is 0.389. The van der Waals surface area contributed by atoms with Gasteiger partial charge in [0.05, 0.1) is 16.1 Å². The highest BCUT2D eigenvalue weighted by Gasteiger charge is 2.37. The van der Waals surface area contributed by atoms with E-state index < -0.39 is 6.10 Å². The number of anilines is 1. The van der Waals surface area contributed by atoms with Crippen LogP contribution in [-0.4, -0.2) is 11.0 Å². The molecule has 0 aliphatic heterocycles. The average Bonchev–Trinajstić information content (AvgIpc) is 2.78. The van der Waals surface area contributed by atoms with Crippen molar-refractivity contribution < 1.29 is 14.3 Å². The fourth-order valence-corrected chi connectivity index (χ4v) is 3.56. The number of hydrogen-bond acceptors (Lipinski definition) is 3. The number of carbonyl (C=O) groups is 1. The van der Waals surface area contributed by atoms with Crippen molar-refractivity contribution in [2.45, 2.75) is 39.7 Å². The lowest BCUT2D eigenvalue weighted by atomic mass is 9.75. The highest BCUT2D eigenvalue weighted by atomic mass is 35.5. The van der Waals surface area contributed by atoms with Gasteiger partial charge < -0.3 is 14.8 Å². The maximum absolute atomic E-state index is 12.6. The topological polar surface area (TPSA) is 62.5 Å². The van der Waals surface area contributed by atoms with Crippen LogP contribution in [0.5, 0.6) is 0 Å². The molecule has 1 atom stereocenters. The van der Waals surface area contributed by atoms with Crippen molar-refractivity contribution in [2.24, 2.45) is 5.41 Å². The third-order valence-corrected chi connectivity index (χ3v) is 5.11. The molecule has 128 valence electrons. The molecule has 1 heterocycles. The largest absolute Gasteiger partial charge is 0.455 e. The molecule has 1 aliphatic carbocycles. The van der Waals surface area contributed by atoms with Crippen LogP contribution in [0.25, 0.3) is 0 Å². The number of rotatable bonds is 2. The lowest BCUT2D eigenvalue weighted by Crippen LogP contribution is -2.24. The van der Waals surface area contributed by atoms with Crippen LogP contribution in [0.15, 0.2) is 22.6 Å². The van der Waals surface area contributed by atoms with Gasteiger partial charge in [-0.25, -0.2) is 0 Å². The maximum Gasteiger partial charge on any atom is 0.291 e. The minimum absolute atomic E-state index is 0.0613. The van der Waals surface area contributed by atoms with Gasteiger partial charge >= 0.3 is 0 Å². The summed E-state index contributed by atoms with van der Waals surface area (Å²) in [6, 6.07) is 4.87. The molecule has 0 saturated heterocycles. The molecule has 4 nitrogen and oxygen atoms in total. The van der Waals surface area contributed by atoms with Crippen LogP contribution in [0.2, 0.25) is 10.0 Å². The number of aliphatic hydroxyl groups excluding tert-OH is 1. The Bertz CT molecular complexity index is 811. The summed E-state index contributed by atoms with van der Waals surface area (Å²) in [5, 5.41) is 13.9. The van der Waals surface area contributed by atoms with E-state index in [4.69, 9.17) is 27.6 Å². The van der Waals surface area contributed by atoms with Crippen LogP contribution in [-0.2, 0) is 6.42 Å². The van der Waals surface area contributed by atoms with Gasteiger partial charge in [0, 0.05) is 23.2 Å². The Labute approximate surface area is 150 Å². The predicted molar refractivity (Wildman–Crippen MR) is 94.9 cm³/mol. The van der Waals surface area contributed by atoms with Crippen LogP contribution in [0.3, 0.4) is 0 Å². The smallest absolute Gasteiger partial charge is 0.291 e. The molecular weight excluding hydrogens is 349 g/mol. The van der Waals surface area contributed by atoms with Gasteiger partial charge in [-0.2, -0.15) is 0 Å². The summed E-state index contributed by atoms with van der Waals surface area (Å²) in [6.45, 7) is 5.95. The molecule has 1 aliphatic rings. The zero-order chi connectivity index (χ0) is 17.6. The van der Waals surface area contributed by atoms with Crippen molar-refractivity contribution in [2.75, 3.05) is 5.32 Å². The maximum atomic E-state index is 12.6. The Morgan fingerprint density at radius 3 is 2.71 bits per heavy atom. The first kappa shape index (κ1) is 17.3. The minimum atomic E-state index is -0.612. The molecular formula is C18H19Cl2NO3. The van der Waals surface area contributed by atoms with Crippen LogP contribution in [0, 0.1) is 12.3 Å². The third kappa shape index (κ3) is 3.18. The Morgan fingerprint density at radius 2 is 2.04 bits per heavy atom. The molecule has 1 amide bonds. The number of halogens is 2. The molecule has 0 saturated carbocycles. The van der Waals surface area contributed by atoms with Gasteiger partial charge in [-0.1, -0.05) is 37.0 Å². The average molecular weight is 368 g/mol. The number of carbonyl (C=O) groups excluding carboxylic acids is 1. The van der Waals surface area contributed by atoms with Crippen LogP contribution in [0.4, 0.5) is 5.69 Å². The van der Waals surface area contributed by atoms with Crippen molar-refractivity contribution >= 4 is 34.8 Å². The highest BCUT2D eigenvalue weighted by molar-refractivity contribution is 6.42. The summed E-state index contributed by atoms with van der Waals surface area (Å²) < 4.78 is 5.80. The van der Waals surface area contributed by atoms with Gasteiger partial charge in [0.2, 0.25) is 0 Å². The van der Waals surface area contributed by atoms with Gasteiger partial charge in [0.25, 0.3) is 5.91 Å². The van der Waals surface area contributed by atoms with Crippen molar-refractivity contribution in [3.05, 3.63) is 50.9 Å². The summed E-state index contributed by atoms with van der Waals surface area (Å²) in [7, 11) is 0. The number of benzene rings is 1. The third-order valence-electron chi connectivity index (χ3n) is 4.37. The van der Waals surface area contributed by atoms with Gasteiger partial charge in [-0.3, -0.25) is 4.79 Å². The first-order valence-electron chi connectivity index (χ1n) is 7.74. The summed E-state index contributed by atoms with van der Waals surface area (Å²) in [5.74, 6) is 0.545. The van der Waals surface area contributed by atoms with Crippen molar-refractivity contribution in [1.29, 1.82) is 0 Å². The van der Waals surface area contributed by atoms with Crippen molar-refractivity contribution in [1.82, 2.24) is 0 Å². The monoisotopic (exact) mass is 367 g/mol. The number of aliphatic hydroxyl groups is 1. The molecule has 1 aromatic carbocycles. The number of fused-ring (bicyclic) bond motifs is 1. The van der Waals surface area contributed by atoms with E-state index in [0.29, 0.717) is 39.9 Å². The summed E-state index contributed by atoms with van der Waals surface area (Å²) in [4.78, 5) is 12.6. The second kappa shape index (κ2) is 6.10. The molecule has 0 spiro atoms. The number of amides is 1. The van der Waals surface area contributed by atoms with E-state index in [1.165, 1.54) is 0 Å². The SMILES string of the molecule is Cc1c(C(=O)Nc2ccc(Cl)c(Cl)c2)oc2c1C(O)CC(C)(C)C2. The normalized spacial score (nSPS) is 19.0. The first-order chi connectivity index (χ1) is 11.2. The highest BCUT2D eigenvalue weighted by Crippen LogP contribution is 2.44. The van der Waals surface area contributed by atoms with Gasteiger partial charge in [-0.15, -0.1) is 0 Å². The van der Waals surface area contributed by atoms with E-state index in [-0.39, 0.29) is 17.1 Å². The van der Waals surface area contributed by atoms with E-state index in [2.05, 4.69) is 19.2 Å².